The van der Waals surface area contributed by atoms with Gasteiger partial charge in [0.2, 0.25) is 0 Å². The number of nitrogens with zero attached hydrogens (tertiary/aromatic N) is 1. The molecule has 0 aromatic carbocycles. The van der Waals surface area contributed by atoms with Gasteiger partial charge in [0.1, 0.15) is 0 Å². The summed E-state index contributed by atoms with van der Waals surface area (Å²) in [7, 11) is 0. The Hall–Kier alpha value is -0.930. The molecule has 0 saturated heterocycles. The van der Waals surface area contributed by atoms with Crippen LogP contribution in [0.3, 0.4) is 0 Å². The molecule has 0 fully saturated rings. The topological polar surface area (TPSA) is 4.93 Å². The van der Waals surface area contributed by atoms with Crippen LogP contribution < -0.4 is 9.88 Å². The van der Waals surface area contributed by atoms with Gasteiger partial charge in [-0.1, -0.05) is 32.1 Å². The first-order valence-corrected chi connectivity index (χ1v) is 7.55. The number of fused-ring (bicyclic) bond motifs is 1. The molecule has 96 valence electrons. The Balaban J connectivity index is 2.71. The summed E-state index contributed by atoms with van der Waals surface area (Å²) in [6.07, 6.45) is 10.9. The van der Waals surface area contributed by atoms with Gasteiger partial charge in [-0.2, -0.15) is 0 Å². The van der Waals surface area contributed by atoms with Gasteiger partial charge in [-0.25, -0.2) is 0 Å². The lowest BCUT2D eigenvalue weighted by atomic mass is 10.0. The SMILES string of the molecule is CC(C)C1=C/C=c2/sc(=S)n(C(C)C)/c2=C/C=C\1. The first-order valence-electron chi connectivity index (χ1n) is 6.32. The summed E-state index contributed by atoms with van der Waals surface area (Å²) < 4.78 is 4.44. The first-order chi connectivity index (χ1) is 8.50. The Morgan fingerprint density at radius 1 is 1.11 bits per heavy atom. The third-order valence-electron chi connectivity index (χ3n) is 3.06. The number of hydrogen-bond donors (Lipinski definition) is 0. The molecule has 1 nitrogen and oxygen atoms in total. The maximum atomic E-state index is 5.46. The van der Waals surface area contributed by atoms with Gasteiger partial charge in [-0.15, -0.1) is 11.3 Å². The zero-order valence-electron chi connectivity index (χ0n) is 11.3. The lowest BCUT2D eigenvalue weighted by Gasteiger charge is -2.08. The Bertz CT molecular complexity index is 666. The quantitative estimate of drug-likeness (QED) is 0.748. The van der Waals surface area contributed by atoms with Crippen LogP contribution in [0, 0.1) is 9.87 Å². The van der Waals surface area contributed by atoms with Crippen LogP contribution in [0.1, 0.15) is 33.7 Å². The Labute approximate surface area is 117 Å². The van der Waals surface area contributed by atoms with E-state index >= 15 is 0 Å². The molecule has 1 aromatic heterocycles. The third-order valence-corrected chi connectivity index (χ3v) is 4.44. The molecule has 1 aliphatic rings. The molecule has 0 radical (unpaired) electrons. The fourth-order valence-electron chi connectivity index (χ4n) is 2.05. The Kier molecular flexibility index (Phi) is 4.03. The molecule has 18 heavy (non-hydrogen) atoms. The lowest BCUT2D eigenvalue weighted by molar-refractivity contribution is 0.584. The van der Waals surface area contributed by atoms with Gasteiger partial charge in [-0.05, 0) is 49.7 Å². The minimum Gasteiger partial charge on any atom is -0.320 e. The normalized spacial score (nSPS) is 23.1. The average molecular weight is 277 g/mol. The highest BCUT2D eigenvalue weighted by Crippen LogP contribution is 2.12. The van der Waals surface area contributed by atoms with E-state index in [2.05, 4.69) is 62.6 Å². The van der Waals surface area contributed by atoms with Gasteiger partial charge < -0.3 is 4.57 Å². The van der Waals surface area contributed by atoms with Crippen LogP contribution in [0.4, 0.5) is 0 Å². The number of allylic oxidation sites excluding steroid dienone is 4. The van der Waals surface area contributed by atoms with Gasteiger partial charge in [0.15, 0.2) is 3.95 Å². The summed E-state index contributed by atoms with van der Waals surface area (Å²) in [4.78, 5) is 0. The largest absolute Gasteiger partial charge is 0.320 e. The summed E-state index contributed by atoms with van der Waals surface area (Å²) in [6.45, 7) is 8.78. The highest BCUT2D eigenvalue weighted by atomic mass is 32.1. The summed E-state index contributed by atoms with van der Waals surface area (Å²) in [6, 6.07) is 0.406. The van der Waals surface area contributed by atoms with E-state index in [4.69, 9.17) is 12.2 Å². The fourth-order valence-corrected chi connectivity index (χ4v) is 3.63. The van der Waals surface area contributed by atoms with Crippen molar-refractivity contribution in [3.05, 3.63) is 37.6 Å². The first kappa shape index (κ1) is 13.5. The summed E-state index contributed by atoms with van der Waals surface area (Å²) in [5.74, 6) is 0.549. The third kappa shape index (κ3) is 2.57. The van der Waals surface area contributed by atoms with Crippen LogP contribution in [0.25, 0.3) is 12.2 Å². The molecular formula is C15H19NS2. The zero-order valence-corrected chi connectivity index (χ0v) is 12.9. The summed E-state index contributed by atoms with van der Waals surface area (Å²) >= 11 is 7.16. The standard InChI is InChI=1S/C15H19NS2/c1-10(2)12-6-5-7-13-14(9-8-12)18-15(17)16(13)11(3)4/h5-11H,1-4H3/b6-5-,7-5?,9-8?,12-6?,12-8+,13-7+,14-9+. The highest BCUT2D eigenvalue weighted by molar-refractivity contribution is 7.73. The van der Waals surface area contributed by atoms with Crippen molar-refractivity contribution in [2.24, 2.45) is 5.92 Å². The maximum Gasteiger partial charge on any atom is 0.162 e. The molecular weight excluding hydrogens is 258 g/mol. The Morgan fingerprint density at radius 2 is 1.83 bits per heavy atom. The monoisotopic (exact) mass is 277 g/mol. The molecule has 1 aliphatic carbocycles. The Morgan fingerprint density at radius 3 is 2.44 bits per heavy atom. The van der Waals surface area contributed by atoms with Gasteiger partial charge in [0.25, 0.3) is 0 Å². The molecule has 0 amide bonds. The highest BCUT2D eigenvalue weighted by Gasteiger charge is 2.05. The molecule has 0 spiro atoms. The van der Waals surface area contributed by atoms with Gasteiger partial charge >= 0.3 is 0 Å². The summed E-state index contributed by atoms with van der Waals surface area (Å²) in [5.41, 5.74) is 1.35. The van der Waals surface area contributed by atoms with Crippen LogP contribution >= 0.6 is 23.6 Å². The van der Waals surface area contributed by atoms with Crippen molar-refractivity contribution in [1.82, 2.24) is 4.57 Å². The van der Waals surface area contributed by atoms with E-state index < -0.39 is 0 Å². The van der Waals surface area contributed by atoms with Crippen molar-refractivity contribution in [3.8, 4) is 0 Å². The second-order valence-corrected chi connectivity index (χ2v) is 6.77. The maximum absolute atomic E-state index is 5.46. The van der Waals surface area contributed by atoms with E-state index in [0.29, 0.717) is 12.0 Å². The van der Waals surface area contributed by atoms with Crippen LogP contribution in [0.5, 0.6) is 0 Å². The lowest BCUT2D eigenvalue weighted by Crippen LogP contribution is -2.29. The molecule has 0 N–H and O–H groups in total. The fraction of sp³-hybridized carbons (Fsp3) is 0.400. The number of rotatable bonds is 2. The van der Waals surface area contributed by atoms with Gasteiger partial charge in [0, 0.05) is 6.04 Å². The van der Waals surface area contributed by atoms with Gasteiger partial charge in [0.05, 0.1) is 9.88 Å². The van der Waals surface area contributed by atoms with E-state index in [9.17, 15) is 0 Å². The van der Waals surface area contributed by atoms with E-state index in [1.165, 1.54) is 15.5 Å². The summed E-state index contributed by atoms with van der Waals surface area (Å²) in [5, 5.41) is 1.23. The molecule has 0 saturated carbocycles. The smallest absolute Gasteiger partial charge is 0.162 e. The van der Waals surface area contributed by atoms with Crippen LogP contribution in [0.2, 0.25) is 0 Å². The second-order valence-electron chi connectivity index (χ2n) is 5.10. The molecule has 1 aromatic rings. The predicted octanol–water partition coefficient (Wildman–Crippen LogP) is 3.57. The van der Waals surface area contributed by atoms with Crippen molar-refractivity contribution in [1.29, 1.82) is 0 Å². The molecule has 0 bridgehead atoms. The van der Waals surface area contributed by atoms with Gasteiger partial charge in [-0.3, -0.25) is 0 Å². The van der Waals surface area contributed by atoms with Crippen molar-refractivity contribution in [2.45, 2.75) is 33.7 Å². The number of thiazole rings is 1. The minimum absolute atomic E-state index is 0.406. The van der Waals surface area contributed by atoms with Crippen molar-refractivity contribution in [3.63, 3.8) is 0 Å². The van der Waals surface area contributed by atoms with E-state index in [-0.39, 0.29) is 0 Å². The molecule has 2 rings (SSSR count). The zero-order chi connectivity index (χ0) is 13.3. The molecule has 0 unspecified atom stereocenters. The molecule has 0 atom stereocenters. The molecule has 3 heteroatoms. The minimum atomic E-state index is 0.406. The second kappa shape index (κ2) is 5.37. The van der Waals surface area contributed by atoms with Crippen molar-refractivity contribution in [2.75, 3.05) is 0 Å². The van der Waals surface area contributed by atoms with E-state index in [1.54, 1.807) is 11.3 Å². The van der Waals surface area contributed by atoms with Crippen LogP contribution in [0.15, 0.2) is 23.8 Å². The van der Waals surface area contributed by atoms with E-state index in [0.717, 1.165) is 3.95 Å². The van der Waals surface area contributed by atoms with Crippen molar-refractivity contribution >= 4 is 35.7 Å². The van der Waals surface area contributed by atoms with Crippen LogP contribution in [-0.4, -0.2) is 4.57 Å². The van der Waals surface area contributed by atoms with Crippen molar-refractivity contribution < 1.29 is 0 Å². The van der Waals surface area contributed by atoms with E-state index in [1.807, 2.05) is 0 Å². The van der Waals surface area contributed by atoms with Crippen LogP contribution in [-0.2, 0) is 0 Å². The number of hydrogen-bond acceptors (Lipinski definition) is 2. The molecule has 0 aliphatic heterocycles. The molecule has 1 heterocycles. The predicted molar refractivity (Wildman–Crippen MR) is 83.8 cm³/mol. The average Bonchev–Trinajstić information content (AvgIpc) is 2.54. The number of aromatic nitrogens is 1.